The van der Waals surface area contributed by atoms with Crippen LogP contribution < -0.4 is 5.32 Å². The highest BCUT2D eigenvalue weighted by atomic mass is 14.8. The minimum absolute atomic E-state index is 1.05. The summed E-state index contributed by atoms with van der Waals surface area (Å²) < 4.78 is 0. The molecule has 0 aliphatic heterocycles. The summed E-state index contributed by atoms with van der Waals surface area (Å²) in [6.45, 7) is 8.49. The van der Waals surface area contributed by atoms with Crippen LogP contribution in [0.25, 0.3) is 11.6 Å². The Morgan fingerprint density at radius 3 is 2.40 bits per heavy atom. The fourth-order valence-corrected chi connectivity index (χ4v) is 2.25. The van der Waals surface area contributed by atoms with Crippen LogP contribution in [0.1, 0.15) is 23.6 Å². The lowest BCUT2D eigenvalue weighted by molar-refractivity contribution is 1.42. The van der Waals surface area contributed by atoms with Crippen molar-refractivity contribution >= 4 is 17.3 Å². The fourth-order valence-electron chi connectivity index (χ4n) is 2.25. The first-order valence-corrected chi connectivity index (χ1v) is 6.84. The standard InChI is InChI=1S/C19H21N/c1-14-9-5-6-10-17(14)13-15(2)16(3)18-11-7-8-12-19(18)20-4/h5-13,20H,3H2,1-2,4H3/b15-13+. The summed E-state index contributed by atoms with van der Waals surface area (Å²) >= 11 is 0. The Morgan fingerprint density at radius 2 is 1.70 bits per heavy atom. The number of anilines is 1. The first-order valence-electron chi connectivity index (χ1n) is 6.84. The molecule has 0 spiro atoms. The number of benzene rings is 2. The molecule has 0 fully saturated rings. The van der Waals surface area contributed by atoms with Crippen LogP contribution in [-0.2, 0) is 0 Å². The molecule has 1 N–H and O–H groups in total. The van der Waals surface area contributed by atoms with Crippen LogP contribution in [0.2, 0.25) is 0 Å². The van der Waals surface area contributed by atoms with Gasteiger partial charge in [-0.25, -0.2) is 0 Å². The molecule has 0 atom stereocenters. The van der Waals surface area contributed by atoms with Crippen molar-refractivity contribution in [2.75, 3.05) is 12.4 Å². The maximum atomic E-state index is 4.25. The van der Waals surface area contributed by atoms with Gasteiger partial charge in [-0.15, -0.1) is 0 Å². The molecule has 2 aromatic rings. The molecule has 1 nitrogen and oxygen atoms in total. The van der Waals surface area contributed by atoms with E-state index in [1.807, 2.05) is 19.2 Å². The molecule has 0 radical (unpaired) electrons. The minimum Gasteiger partial charge on any atom is -0.388 e. The number of para-hydroxylation sites is 1. The van der Waals surface area contributed by atoms with Crippen molar-refractivity contribution in [3.63, 3.8) is 0 Å². The van der Waals surface area contributed by atoms with Crippen molar-refractivity contribution in [2.24, 2.45) is 0 Å². The molecule has 0 heterocycles. The number of allylic oxidation sites excluding steroid dienone is 2. The summed E-state index contributed by atoms with van der Waals surface area (Å²) in [5.74, 6) is 0. The SMILES string of the molecule is C=C(/C(C)=C/c1ccccc1C)c1ccccc1NC. The summed E-state index contributed by atoms with van der Waals surface area (Å²) in [7, 11) is 1.94. The quantitative estimate of drug-likeness (QED) is 0.752. The molecule has 20 heavy (non-hydrogen) atoms. The molecule has 0 unspecified atom stereocenters. The van der Waals surface area contributed by atoms with Crippen LogP contribution >= 0.6 is 0 Å². The lowest BCUT2D eigenvalue weighted by atomic mass is 9.96. The average Bonchev–Trinajstić information content (AvgIpc) is 2.48. The Morgan fingerprint density at radius 1 is 1.05 bits per heavy atom. The summed E-state index contributed by atoms with van der Waals surface area (Å²) in [5, 5.41) is 3.22. The molecule has 0 saturated heterocycles. The Hall–Kier alpha value is -2.28. The van der Waals surface area contributed by atoms with Gasteiger partial charge in [-0.05, 0) is 42.2 Å². The molecule has 2 aromatic carbocycles. The smallest absolute Gasteiger partial charge is 0.0417 e. The van der Waals surface area contributed by atoms with E-state index in [0.717, 1.165) is 16.8 Å². The van der Waals surface area contributed by atoms with Gasteiger partial charge < -0.3 is 5.32 Å². The Balaban J connectivity index is 2.36. The van der Waals surface area contributed by atoms with E-state index >= 15 is 0 Å². The summed E-state index contributed by atoms with van der Waals surface area (Å²) in [4.78, 5) is 0. The third-order valence-electron chi connectivity index (χ3n) is 3.56. The van der Waals surface area contributed by atoms with Crippen LogP contribution in [-0.4, -0.2) is 7.05 Å². The van der Waals surface area contributed by atoms with Crippen LogP contribution in [0.15, 0.2) is 60.7 Å². The van der Waals surface area contributed by atoms with E-state index in [-0.39, 0.29) is 0 Å². The van der Waals surface area contributed by atoms with E-state index in [1.165, 1.54) is 16.7 Å². The lowest BCUT2D eigenvalue weighted by Gasteiger charge is -2.12. The van der Waals surface area contributed by atoms with Gasteiger partial charge in [-0.3, -0.25) is 0 Å². The molecule has 0 aliphatic rings. The molecule has 0 bridgehead atoms. The highest BCUT2D eigenvalue weighted by Crippen LogP contribution is 2.29. The minimum atomic E-state index is 1.05. The zero-order valence-corrected chi connectivity index (χ0v) is 12.4. The second-order valence-corrected chi connectivity index (χ2v) is 4.96. The summed E-state index contributed by atoms with van der Waals surface area (Å²) in [6, 6.07) is 16.6. The van der Waals surface area contributed by atoms with Crippen molar-refractivity contribution in [3.05, 3.63) is 77.4 Å². The predicted octanol–water partition coefficient (Wildman–Crippen LogP) is 5.15. The molecule has 0 aromatic heterocycles. The van der Waals surface area contributed by atoms with E-state index in [9.17, 15) is 0 Å². The average molecular weight is 263 g/mol. The zero-order chi connectivity index (χ0) is 14.5. The predicted molar refractivity (Wildman–Crippen MR) is 89.9 cm³/mol. The van der Waals surface area contributed by atoms with Gasteiger partial charge in [0.05, 0.1) is 0 Å². The van der Waals surface area contributed by atoms with Gasteiger partial charge in [-0.2, -0.15) is 0 Å². The molecule has 102 valence electrons. The number of hydrogen-bond donors (Lipinski definition) is 1. The normalized spacial score (nSPS) is 11.2. The summed E-state index contributed by atoms with van der Waals surface area (Å²) in [5.41, 5.74) is 7.02. The monoisotopic (exact) mass is 263 g/mol. The third-order valence-corrected chi connectivity index (χ3v) is 3.56. The molecular formula is C19H21N. The van der Waals surface area contributed by atoms with Crippen molar-refractivity contribution in [1.82, 2.24) is 0 Å². The first-order chi connectivity index (χ1) is 9.63. The Bertz CT molecular complexity index is 650. The van der Waals surface area contributed by atoms with Gasteiger partial charge in [0.1, 0.15) is 0 Å². The molecule has 1 heteroatoms. The highest BCUT2D eigenvalue weighted by Gasteiger charge is 2.06. The van der Waals surface area contributed by atoms with Gasteiger partial charge in [-0.1, -0.05) is 55.1 Å². The van der Waals surface area contributed by atoms with Crippen LogP contribution in [0, 0.1) is 6.92 Å². The second kappa shape index (κ2) is 6.25. The van der Waals surface area contributed by atoms with Gasteiger partial charge in [0.15, 0.2) is 0 Å². The van der Waals surface area contributed by atoms with E-state index < -0.39 is 0 Å². The van der Waals surface area contributed by atoms with Crippen LogP contribution in [0.4, 0.5) is 5.69 Å². The largest absolute Gasteiger partial charge is 0.388 e. The maximum absolute atomic E-state index is 4.25. The maximum Gasteiger partial charge on any atom is 0.0417 e. The topological polar surface area (TPSA) is 12.0 Å². The fraction of sp³-hybridized carbons (Fsp3) is 0.158. The van der Waals surface area contributed by atoms with Gasteiger partial charge in [0.25, 0.3) is 0 Å². The number of rotatable bonds is 4. The van der Waals surface area contributed by atoms with Crippen LogP contribution in [0.5, 0.6) is 0 Å². The molecule has 0 amide bonds. The van der Waals surface area contributed by atoms with E-state index in [0.29, 0.717) is 0 Å². The highest BCUT2D eigenvalue weighted by molar-refractivity contribution is 5.87. The molecular weight excluding hydrogens is 242 g/mol. The van der Waals surface area contributed by atoms with Gasteiger partial charge in [0.2, 0.25) is 0 Å². The first kappa shape index (κ1) is 14.1. The Labute approximate surface area is 121 Å². The number of hydrogen-bond acceptors (Lipinski definition) is 1. The lowest BCUT2D eigenvalue weighted by Crippen LogP contribution is -1.95. The van der Waals surface area contributed by atoms with Crippen molar-refractivity contribution in [2.45, 2.75) is 13.8 Å². The van der Waals surface area contributed by atoms with Gasteiger partial charge >= 0.3 is 0 Å². The zero-order valence-electron chi connectivity index (χ0n) is 12.4. The van der Waals surface area contributed by atoms with Crippen molar-refractivity contribution in [1.29, 1.82) is 0 Å². The van der Waals surface area contributed by atoms with E-state index in [2.05, 4.69) is 68.2 Å². The van der Waals surface area contributed by atoms with Crippen molar-refractivity contribution in [3.8, 4) is 0 Å². The number of nitrogens with one attached hydrogen (secondary N) is 1. The second-order valence-electron chi connectivity index (χ2n) is 4.96. The molecule has 2 rings (SSSR count). The molecule has 0 saturated carbocycles. The van der Waals surface area contributed by atoms with E-state index in [4.69, 9.17) is 0 Å². The number of aryl methyl sites for hydroxylation is 1. The Kier molecular flexibility index (Phi) is 4.41. The van der Waals surface area contributed by atoms with Crippen molar-refractivity contribution < 1.29 is 0 Å². The van der Waals surface area contributed by atoms with Gasteiger partial charge in [0, 0.05) is 18.3 Å². The summed E-state index contributed by atoms with van der Waals surface area (Å²) in [6.07, 6.45) is 2.20. The third kappa shape index (κ3) is 3.00. The van der Waals surface area contributed by atoms with Crippen LogP contribution in [0.3, 0.4) is 0 Å². The molecule has 0 aliphatic carbocycles. The van der Waals surface area contributed by atoms with E-state index in [1.54, 1.807) is 0 Å².